The van der Waals surface area contributed by atoms with Crippen LogP contribution >= 0.6 is 0 Å². The van der Waals surface area contributed by atoms with E-state index in [9.17, 15) is 9.18 Å². The number of fused-ring (bicyclic) bond motifs is 2. The molecule has 5 nitrogen and oxygen atoms in total. The Morgan fingerprint density at radius 3 is 2.79 bits per heavy atom. The van der Waals surface area contributed by atoms with Crippen LogP contribution in [0.2, 0.25) is 0 Å². The lowest BCUT2D eigenvalue weighted by molar-refractivity contribution is 0.104. The van der Waals surface area contributed by atoms with E-state index in [1.807, 2.05) is 36.4 Å². The fourth-order valence-corrected chi connectivity index (χ4v) is 3.39. The van der Waals surface area contributed by atoms with E-state index < -0.39 is 0 Å². The number of carbonyl (C=O) groups excluding carboxylic acids is 1. The molecule has 0 radical (unpaired) electrons. The van der Waals surface area contributed by atoms with Crippen LogP contribution in [0.15, 0.2) is 73.1 Å². The molecule has 5 rings (SSSR count). The van der Waals surface area contributed by atoms with Crippen molar-refractivity contribution in [1.29, 1.82) is 0 Å². The molecule has 0 aliphatic heterocycles. The van der Waals surface area contributed by atoms with Crippen molar-refractivity contribution in [1.82, 2.24) is 15.2 Å². The van der Waals surface area contributed by atoms with Crippen LogP contribution < -0.4 is 5.32 Å². The summed E-state index contributed by atoms with van der Waals surface area (Å²) in [6.07, 6.45) is 3.38. The Hall–Kier alpha value is -3.93. The molecule has 0 amide bonds. The summed E-state index contributed by atoms with van der Waals surface area (Å²) in [5, 5.41) is 11.8. The van der Waals surface area contributed by atoms with Crippen LogP contribution in [0.4, 0.5) is 15.8 Å². The molecule has 2 heterocycles. The number of nitrogens with one attached hydrogen (secondary N) is 3. The number of anilines is 2. The molecule has 0 atom stereocenters. The number of hydrogen-bond acceptors (Lipinski definition) is 3. The van der Waals surface area contributed by atoms with Gasteiger partial charge in [0.25, 0.3) is 0 Å². The van der Waals surface area contributed by atoms with Crippen LogP contribution in [0.25, 0.3) is 21.8 Å². The molecular weight excluding hydrogens is 355 g/mol. The lowest BCUT2D eigenvalue weighted by Crippen LogP contribution is -2.05. The minimum atomic E-state index is -0.375. The number of ketones is 1. The molecule has 2 aromatic heterocycles. The van der Waals surface area contributed by atoms with E-state index in [0.29, 0.717) is 22.2 Å². The summed E-state index contributed by atoms with van der Waals surface area (Å²) in [5.74, 6) is -0.553. The maximum Gasteiger partial charge on any atom is 0.197 e. The van der Waals surface area contributed by atoms with Crippen molar-refractivity contribution in [3.8, 4) is 0 Å². The predicted octanol–water partition coefficient (Wildman–Crippen LogP) is 5.16. The predicted molar refractivity (Wildman–Crippen MR) is 108 cm³/mol. The summed E-state index contributed by atoms with van der Waals surface area (Å²) < 4.78 is 13.7. The monoisotopic (exact) mass is 370 g/mol. The van der Waals surface area contributed by atoms with Crippen LogP contribution in [0, 0.1) is 5.82 Å². The number of aromatic amines is 2. The van der Waals surface area contributed by atoms with Crippen molar-refractivity contribution in [2.45, 2.75) is 0 Å². The van der Waals surface area contributed by atoms with Gasteiger partial charge in [-0.3, -0.25) is 9.89 Å². The van der Waals surface area contributed by atoms with Crippen LogP contribution in [-0.4, -0.2) is 21.0 Å². The zero-order valence-corrected chi connectivity index (χ0v) is 14.7. The van der Waals surface area contributed by atoms with Gasteiger partial charge in [0.1, 0.15) is 5.82 Å². The highest BCUT2D eigenvalue weighted by atomic mass is 19.1. The van der Waals surface area contributed by atoms with Crippen molar-refractivity contribution in [3.63, 3.8) is 0 Å². The molecule has 0 aliphatic carbocycles. The molecular formula is C22H15FN4O. The van der Waals surface area contributed by atoms with Crippen molar-refractivity contribution < 1.29 is 9.18 Å². The van der Waals surface area contributed by atoms with Gasteiger partial charge in [-0.05, 0) is 48.5 Å². The Morgan fingerprint density at radius 2 is 1.86 bits per heavy atom. The lowest BCUT2D eigenvalue weighted by Gasteiger charge is -2.11. The molecule has 0 bridgehead atoms. The zero-order valence-electron chi connectivity index (χ0n) is 14.7. The first-order valence-electron chi connectivity index (χ1n) is 8.79. The molecule has 3 aromatic carbocycles. The van der Waals surface area contributed by atoms with Gasteiger partial charge in [0.05, 0.1) is 11.7 Å². The highest BCUT2D eigenvalue weighted by molar-refractivity contribution is 6.18. The fraction of sp³-hybridized carbons (Fsp3) is 0. The van der Waals surface area contributed by atoms with E-state index >= 15 is 0 Å². The Labute approximate surface area is 159 Å². The van der Waals surface area contributed by atoms with E-state index in [2.05, 4.69) is 20.5 Å². The molecule has 0 fully saturated rings. The van der Waals surface area contributed by atoms with Crippen LogP contribution in [-0.2, 0) is 0 Å². The number of H-pyrrole nitrogens is 2. The van der Waals surface area contributed by atoms with Gasteiger partial charge in [0.15, 0.2) is 5.78 Å². The summed E-state index contributed by atoms with van der Waals surface area (Å²) in [6, 6.07) is 17.5. The van der Waals surface area contributed by atoms with Crippen molar-refractivity contribution in [3.05, 3.63) is 90.0 Å². The minimum absolute atomic E-state index is 0.178. The zero-order chi connectivity index (χ0) is 19.1. The Bertz CT molecular complexity index is 1330. The number of halogens is 1. The van der Waals surface area contributed by atoms with Crippen LogP contribution in [0.1, 0.15) is 15.9 Å². The summed E-state index contributed by atoms with van der Waals surface area (Å²) in [7, 11) is 0. The lowest BCUT2D eigenvalue weighted by atomic mass is 10.0. The average Bonchev–Trinajstić information content (AvgIpc) is 3.34. The maximum atomic E-state index is 13.7. The van der Waals surface area contributed by atoms with E-state index in [-0.39, 0.29) is 11.6 Å². The quantitative estimate of drug-likeness (QED) is 0.383. The number of benzene rings is 3. The van der Waals surface area contributed by atoms with Gasteiger partial charge in [-0.15, -0.1) is 0 Å². The summed E-state index contributed by atoms with van der Waals surface area (Å²) in [6.45, 7) is 0. The normalized spacial score (nSPS) is 11.2. The molecule has 0 saturated carbocycles. The maximum absolute atomic E-state index is 13.7. The van der Waals surface area contributed by atoms with E-state index in [1.165, 1.54) is 12.1 Å². The Balaban J connectivity index is 1.55. The molecule has 3 N–H and O–H groups in total. The third-order valence-corrected chi connectivity index (χ3v) is 4.78. The molecule has 0 aliphatic rings. The number of para-hydroxylation sites is 1. The fourth-order valence-electron chi connectivity index (χ4n) is 3.39. The van der Waals surface area contributed by atoms with Gasteiger partial charge < -0.3 is 10.3 Å². The first-order chi connectivity index (χ1) is 13.7. The number of nitrogens with zero attached hydrogens (tertiary/aromatic N) is 1. The van der Waals surface area contributed by atoms with Gasteiger partial charge >= 0.3 is 0 Å². The summed E-state index contributed by atoms with van der Waals surface area (Å²) >= 11 is 0. The first kappa shape index (κ1) is 16.3. The van der Waals surface area contributed by atoms with E-state index in [0.717, 1.165) is 22.1 Å². The third-order valence-electron chi connectivity index (χ3n) is 4.78. The summed E-state index contributed by atoms with van der Waals surface area (Å²) in [4.78, 5) is 16.2. The number of hydrogen-bond donors (Lipinski definition) is 3. The topological polar surface area (TPSA) is 73.6 Å². The van der Waals surface area contributed by atoms with Crippen LogP contribution in [0.5, 0.6) is 0 Å². The average molecular weight is 370 g/mol. The van der Waals surface area contributed by atoms with E-state index in [1.54, 1.807) is 24.5 Å². The molecule has 6 heteroatoms. The first-order valence-corrected chi connectivity index (χ1v) is 8.79. The van der Waals surface area contributed by atoms with Gasteiger partial charge in [-0.25, -0.2) is 4.39 Å². The summed E-state index contributed by atoms with van der Waals surface area (Å²) in [5.41, 5.74) is 4.09. The van der Waals surface area contributed by atoms with E-state index in [4.69, 9.17) is 0 Å². The van der Waals surface area contributed by atoms with Crippen molar-refractivity contribution in [2.75, 3.05) is 5.32 Å². The standard InChI is InChI=1S/C22H15FN4O/c23-14-6-8-19-17(9-14)18(12-24-19)22(28)16-3-1-2-4-20(16)26-15-7-5-13-11-25-27-21(13)10-15/h1-12,24,26H,(H,25,27). The van der Waals surface area contributed by atoms with Crippen molar-refractivity contribution >= 4 is 39.0 Å². The molecule has 136 valence electrons. The highest BCUT2D eigenvalue weighted by Crippen LogP contribution is 2.28. The molecule has 0 spiro atoms. The highest BCUT2D eigenvalue weighted by Gasteiger charge is 2.18. The van der Waals surface area contributed by atoms with Gasteiger partial charge in [0, 0.05) is 45.0 Å². The molecule has 0 unspecified atom stereocenters. The molecule has 0 saturated heterocycles. The second-order valence-electron chi connectivity index (χ2n) is 6.56. The number of aromatic nitrogens is 3. The third kappa shape index (κ3) is 2.72. The van der Waals surface area contributed by atoms with Crippen LogP contribution in [0.3, 0.4) is 0 Å². The molecule has 28 heavy (non-hydrogen) atoms. The SMILES string of the molecule is O=C(c1ccccc1Nc1ccc2cn[nH]c2c1)c1c[nH]c2ccc(F)cc12. The second kappa shape index (κ2) is 6.35. The number of rotatable bonds is 4. The van der Waals surface area contributed by atoms with Gasteiger partial charge in [-0.2, -0.15) is 5.10 Å². The second-order valence-corrected chi connectivity index (χ2v) is 6.56. The smallest absolute Gasteiger partial charge is 0.197 e. The van der Waals surface area contributed by atoms with Crippen molar-refractivity contribution in [2.24, 2.45) is 0 Å². The minimum Gasteiger partial charge on any atom is -0.360 e. The largest absolute Gasteiger partial charge is 0.360 e. The Morgan fingerprint density at radius 1 is 0.964 bits per heavy atom. The molecule has 5 aromatic rings. The van der Waals surface area contributed by atoms with Gasteiger partial charge in [-0.1, -0.05) is 12.1 Å². The number of carbonyl (C=O) groups is 1. The van der Waals surface area contributed by atoms with Gasteiger partial charge in [0.2, 0.25) is 0 Å². The Kier molecular flexibility index (Phi) is 3.69.